The lowest BCUT2D eigenvalue weighted by atomic mass is 10.2. The first-order valence-electron chi connectivity index (χ1n) is 6.13. The molecule has 0 amide bonds. The maximum Gasteiger partial charge on any atom is 0.0492 e. The third-order valence-electron chi connectivity index (χ3n) is 3.30. The molecule has 0 aliphatic carbocycles. The molecule has 98 valence electrons. The summed E-state index contributed by atoms with van der Waals surface area (Å²) in [5.74, 6) is 0. The quantitative estimate of drug-likeness (QED) is 0.429. The van der Waals surface area contributed by atoms with Gasteiger partial charge in [0.25, 0.3) is 0 Å². The van der Waals surface area contributed by atoms with Crippen LogP contribution in [0.5, 0.6) is 0 Å². The highest BCUT2D eigenvalue weighted by molar-refractivity contribution is 9.10. The van der Waals surface area contributed by atoms with Crippen molar-refractivity contribution in [3.8, 4) is 0 Å². The Morgan fingerprint density at radius 3 is 1.84 bits per heavy atom. The molecule has 0 saturated heterocycles. The topological polar surface area (TPSA) is 4.93 Å². The van der Waals surface area contributed by atoms with Crippen LogP contribution in [0.3, 0.4) is 0 Å². The summed E-state index contributed by atoms with van der Waals surface area (Å²) in [7, 11) is 0. The van der Waals surface area contributed by atoms with Crippen molar-refractivity contribution in [2.24, 2.45) is 0 Å². The maximum absolute atomic E-state index is 3.57. The van der Waals surface area contributed by atoms with Crippen molar-refractivity contribution < 1.29 is 0 Å². The van der Waals surface area contributed by atoms with E-state index in [1.165, 1.54) is 21.8 Å². The fraction of sp³-hybridized carbons (Fsp3) is 0.200. The molecule has 0 spiro atoms. The van der Waals surface area contributed by atoms with Gasteiger partial charge in [0.05, 0.1) is 0 Å². The van der Waals surface area contributed by atoms with E-state index in [2.05, 4.69) is 88.8 Å². The van der Waals surface area contributed by atoms with Crippen molar-refractivity contribution in [3.63, 3.8) is 0 Å². The molecule has 19 heavy (non-hydrogen) atoms. The number of alkyl halides is 1. The molecule has 0 fully saturated rings. The van der Waals surface area contributed by atoms with E-state index in [0.29, 0.717) is 0 Å². The van der Waals surface area contributed by atoms with Crippen LogP contribution in [0.1, 0.15) is 6.42 Å². The highest BCUT2D eigenvalue weighted by Crippen LogP contribution is 2.33. The Hall–Kier alpha value is -0.320. The Bertz CT molecular complexity index is 687. The normalized spacial score (nSPS) is 11.5. The number of fused-ring (bicyclic) bond motifs is 3. The van der Waals surface area contributed by atoms with Gasteiger partial charge in [0.1, 0.15) is 0 Å². The minimum Gasteiger partial charge on any atom is -0.340 e. The minimum absolute atomic E-state index is 1.03. The lowest BCUT2D eigenvalue weighted by Gasteiger charge is -2.05. The van der Waals surface area contributed by atoms with Crippen molar-refractivity contribution in [1.29, 1.82) is 0 Å². The van der Waals surface area contributed by atoms with E-state index in [-0.39, 0.29) is 0 Å². The molecule has 0 saturated carbocycles. The van der Waals surface area contributed by atoms with Crippen LogP contribution in [0.15, 0.2) is 45.3 Å². The summed E-state index contributed by atoms with van der Waals surface area (Å²) < 4.78 is 4.66. The number of halogens is 3. The van der Waals surface area contributed by atoms with Gasteiger partial charge in [-0.3, -0.25) is 0 Å². The molecule has 2 aromatic carbocycles. The van der Waals surface area contributed by atoms with Crippen LogP contribution in [0, 0.1) is 0 Å². The first-order chi connectivity index (χ1) is 9.20. The van der Waals surface area contributed by atoms with Crippen LogP contribution < -0.4 is 0 Å². The minimum atomic E-state index is 1.03. The van der Waals surface area contributed by atoms with Crippen LogP contribution in [-0.2, 0) is 6.54 Å². The molecule has 0 aliphatic heterocycles. The van der Waals surface area contributed by atoms with Gasteiger partial charge in [0.15, 0.2) is 0 Å². The zero-order valence-corrected chi connectivity index (χ0v) is 14.9. The standard InChI is InChI=1S/C15H12Br3N/c16-6-1-7-19-14-4-2-10(17)8-12(14)13-9-11(18)3-5-15(13)19/h2-5,8-9H,1,6-7H2. The Labute approximate surface area is 137 Å². The molecule has 0 unspecified atom stereocenters. The molecule has 0 N–H and O–H groups in total. The average Bonchev–Trinajstić information content (AvgIpc) is 2.69. The number of benzene rings is 2. The van der Waals surface area contributed by atoms with Gasteiger partial charge in [-0.15, -0.1) is 0 Å². The molecule has 1 nitrogen and oxygen atoms in total. The van der Waals surface area contributed by atoms with Gasteiger partial charge in [0, 0.05) is 42.6 Å². The predicted octanol–water partition coefficient (Wildman–Crippen LogP) is 6.10. The van der Waals surface area contributed by atoms with Crippen LogP contribution in [0.2, 0.25) is 0 Å². The Kier molecular flexibility index (Phi) is 4.01. The van der Waals surface area contributed by atoms with E-state index in [1.807, 2.05) is 0 Å². The van der Waals surface area contributed by atoms with E-state index in [0.717, 1.165) is 27.2 Å². The van der Waals surface area contributed by atoms with E-state index < -0.39 is 0 Å². The SMILES string of the molecule is BrCCCn1c2ccc(Br)cc2c2cc(Br)ccc21. The Balaban J connectivity index is 2.36. The summed E-state index contributed by atoms with van der Waals surface area (Å²) in [4.78, 5) is 0. The molecule has 3 aromatic rings. The van der Waals surface area contributed by atoms with E-state index in [1.54, 1.807) is 0 Å². The highest BCUT2D eigenvalue weighted by Gasteiger charge is 2.10. The summed E-state index contributed by atoms with van der Waals surface area (Å²) >= 11 is 10.7. The molecule has 1 heterocycles. The zero-order chi connectivity index (χ0) is 13.4. The maximum atomic E-state index is 3.57. The number of nitrogens with zero attached hydrogens (tertiary/aromatic N) is 1. The van der Waals surface area contributed by atoms with E-state index >= 15 is 0 Å². The third kappa shape index (κ3) is 2.50. The first-order valence-corrected chi connectivity index (χ1v) is 8.84. The Morgan fingerprint density at radius 1 is 0.842 bits per heavy atom. The van der Waals surface area contributed by atoms with Gasteiger partial charge in [-0.2, -0.15) is 0 Å². The number of aryl methyl sites for hydroxylation is 1. The van der Waals surface area contributed by atoms with Gasteiger partial charge >= 0.3 is 0 Å². The average molecular weight is 446 g/mol. The second-order valence-electron chi connectivity index (χ2n) is 4.52. The molecular weight excluding hydrogens is 434 g/mol. The summed E-state index contributed by atoms with van der Waals surface area (Å²) in [6, 6.07) is 13.0. The number of hydrogen-bond donors (Lipinski definition) is 0. The van der Waals surface area contributed by atoms with Crippen LogP contribution >= 0.6 is 47.8 Å². The van der Waals surface area contributed by atoms with Crippen molar-refractivity contribution >= 4 is 69.6 Å². The monoisotopic (exact) mass is 443 g/mol. The van der Waals surface area contributed by atoms with Crippen LogP contribution in [0.4, 0.5) is 0 Å². The lowest BCUT2D eigenvalue weighted by molar-refractivity contribution is 0.732. The first kappa shape index (κ1) is 13.7. The van der Waals surface area contributed by atoms with Gasteiger partial charge < -0.3 is 4.57 Å². The van der Waals surface area contributed by atoms with Gasteiger partial charge in [0.2, 0.25) is 0 Å². The fourth-order valence-corrected chi connectivity index (χ4v) is 3.48. The Morgan fingerprint density at radius 2 is 1.37 bits per heavy atom. The van der Waals surface area contributed by atoms with Crippen molar-refractivity contribution in [1.82, 2.24) is 4.57 Å². The second kappa shape index (κ2) is 5.58. The summed E-state index contributed by atoms with van der Waals surface area (Å²) in [5.41, 5.74) is 2.61. The molecule has 4 heteroatoms. The smallest absolute Gasteiger partial charge is 0.0492 e. The van der Waals surface area contributed by atoms with Crippen molar-refractivity contribution in [2.75, 3.05) is 5.33 Å². The number of aromatic nitrogens is 1. The largest absolute Gasteiger partial charge is 0.340 e. The number of hydrogen-bond acceptors (Lipinski definition) is 0. The van der Waals surface area contributed by atoms with Crippen LogP contribution in [0.25, 0.3) is 21.8 Å². The molecule has 0 radical (unpaired) electrons. The zero-order valence-electron chi connectivity index (χ0n) is 10.2. The summed E-state index contributed by atoms with van der Waals surface area (Å²) in [5, 5.41) is 3.64. The van der Waals surface area contributed by atoms with E-state index in [9.17, 15) is 0 Å². The molecule has 1 aromatic heterocycles. The van der Waals surface area contributed by atoms with E-state index in [4.69, 9.17) is 0 Å². The third-order valence-corrected chi connectivity index (χ3v) is 4.85. The second-order valence-corrected chi connectivity index (χ2v) is 7.14. The van der Waals surface area contributed by atoms with Crippen molar-refractivity contribution in [3.05, 3.63) is 45.3 Å². The summed E-state index contributed by atoms with van der Waals surface area (Å²) in [6.07, 6.45) is 1.13. The lowest BCUT2D eigenvalue weighted by Crippen LogP contribution is -1.97. The predicted molar refractivity (Wildman–Crippen MR) is 93.3 cm³/mol. The molecule has 0 aliphatic rings. The van der Waals surface area contributed by atoms with Crippen LogP contribution in [-0.4, -0.2) is 9.90 Å². The molecular formula is C15H12Br3N. The fourth-order valence-electron chi connectivity index (χ4n) is 2.51. The van der Waals surface area contributed by atoms with Crippen molar-refractivity contribution in [2.45, 2.75) is 13.0 Å². The van der Waals surface area contributed by atoms with Gasteiger partial charge in [-0.1, -0.05) is 47.8 Å². The molecule has 0 bridgehead atoms. The van der Waals surface area contributed by atoms with Gasteiger partial charge in [-0.25, -0.2) is 0 Å². The summed E-state index contributed by atoms with van der Waals surface area (Å²) in [6.45, 7) is 1.04. The number of rotatable bonds is 3. The molecule has 0 atom stereocenters. The molecule has 3 rings (SSSR count). The van der Waals surface area contributed by atoms with Gasteiger partial charge in [-0.05, 0) is 42.8 Å². The highest BCUT2D eigenvalue weighted by atomic mass is 79.9.